The number of aryl methyl sites for hydroxylation is 1. The smallest absolute Gasteiger partial charge is 0.392 e. The van der Waals surface area contributed by atoms with Crippen LogP contribution < -0.4 is 5.32 Å². The van der Waals surface area contributed by atoms with E-state index < -0.39 is 24.0 Å². The Hall–Kier alpha value is -2.20. The standard InChI is InChI=1S/C20H19F3N2O3S2/c1-9-8-29-17(24-9)15-13-6-5-10(20(21,22)23)7-14(13)30-18(15)25-16(26)11-3-2-4-12(11)19(27)28/h8,10H,2-7H2,1H3,(H,25,26)(H,27,28)/t10-/m1/s1. The van der Waals surface area contributed by atoms with Crippen molar-refractivity contribution in [1.29, 1.82) is 0 Å². The first-order valence-electron chi connectivity index (χ1n) is 9.55. The number of carbonyl (C=O) groups is 2. The molecule has 0 saturated carbocycles. The van der Waals surface area contributed by atoms with Gasteiger partial charge in [-0.25, -0.2) is 9.78 Å². The number of anilines is 1. The Kier molecular flexibility index (Phi) is 5.48. The molecule has 0 saturated heterocycles. The van der Waals surface area contributed by atoms with Crippen molar-refractivity contribution < 1.29 is 27.9 Å². The third kappa shape index (κ3) is 3.90. The summed E-state index contributed by atoms with van der Waals surface area (Å²) < 4.78 is 39.8. The number of aromatic nitrogens is 1. The van der Waals surface area contributed by atoms with Crippen LogP contribution in [0.3, 0.4) is 0 Å². The summed E-state index contributed by atoms with van der Waals surface area (Å²) in [6, 6.07) is 0. The number of thiazole rings is 1. The largest absolute Gasteiger partial charge is 0.478 e. The number of rotatable bonds is 4. The summed E-state index contributed by atoms with van der Waals surface area (Å²) in [6.07, 6.45) is -2.79. The van der Waals surface area contributed by atoms with Crippen LogP contribution in [-0.2, 0) is 22.4 Å². The molecule has 5 nitrogen and oxygen atoms in total. The summed E-state index contributed by atoms with van der Waals surface area (Å²) in [6.45, 7) is 1.83. The number of nitrogens with zero attached hydrogens (tertiary/aromatic N) is 1. The van der Waals surface area contributed by atoms with Gasteiger partial charge in [-0.2, -0.15) is 13.2 Å². The second-order valence-electron chi connectivity index (χ2n) is 7.55. The molecule has 30 heavy (non-hydrogen) atoms. The zero-order chi connectivity index (χ0) is 21.6. The van der Waals surface area contributed by atoms with E-state index in [2.05, 4.69) is 10.3 Å². The third-order valence-corrected chi connectivity index (χ3v) is 7.69. The Bertz CT molecular complexity index is 1050. The van der Waals surface area contributed by atoms with Gasteiger partial charge in [0.25, 0.3) is 5.91 Å². The van der Waals surface area contributed by atoms with E-state index in [1.807, 2.05) is 12.3 Å². The van der Waals surface area contributed by atoms with Gasteiger partial charge in [-0.05, 0) is 51.0 Å². The van der Waals surface area contributed by atoms with E-state index in [9.17, 15) is 27.9 Å². The molecule has 10 heteroatoms. The van der Waals surface area contributed by atoms with Crippen molar-refractivity contribution in [3.05, 3.63) is 32.7 Å². The molecule has 2 aromatic rings. The molecule has 1 amide bonds. The maximum Gasteiger partial charge on any atom is 0.392 e. The van der Waals surface area contributed by atoms with Gasteiger partial charge in [0, 0.05) is 32.7 Å². The molecule has 2 heterocycles. The van der Waals surface area contributed by atoms with E-state index in [1.165, 1.54) is 11.3 Å². The molecule has 4 rings (SSSR count). The predicted octanol–water partition coefficient (Wildman–Crippen LogP) is 5.35. The number of halogens is 3. The lowest BCUT2D eigenvalue weighted by molar-refractivity contribution is -0.176. The third-order valence-electron chi connectivity index (χ3n) is 5.54. The maximum absolute atomic E-state index is 13.3. The molecule has 0 aliphatic heterocycles. The average molecular weight is 457 g/mol. The lowest BCUT2D eigenvalue weighted by Gasteiger charge is -2.24. The summed E-state index contributed by atoms with van der Waals surface area (Å²) in [7, 11) is 0. The Morgan fingerprint density at radius 2 is 1.97 bits per heavy atom. The van der Waals surface area contributed by atoms with E-state index in [1.54, 1.807) is 0 Å². The molecular weight excluding hydrogens is 437 g/mol. The average Bonchev–Trinajstić information content (AvgIpc) is 3.37. The topological polar surface area (TPSA) is 79.3 Å². The number of amides is 1. The molecular formula is C20H19F3N2O3S2. The molecule has 2 aliphatic rings. The predicted molar refractivity (Wildman–Crippen MR) is 109 cm³/mol. The first-order valence-corrected chi connectivity index (χ1v) is 11.2. The fourth-order valence-corrected chi connectivity index (χ4v) is 6.32. The van der Waals surface area contributed by atoms with Gasteiger partial charge in [0.05, 0.1) is 5.92 Å². The van der Waals surface area contributed by atoms with Gasteiger partial charge in [0.2, 0.25) is 0 Å². The van der Waals surface area contributed by atoms with Gasteiger partial charge in [-0.15, -0.1) is 22.7 Å². The number of hydrogen-bond acceptors (Lipinski definition) is 5. The first kappa shape index (κ1) is 21.0. The Morgan fingerprint density at radius 1 is 1.23 bits per heavy atom. The molecule has 1 atom stereocenters. The molecule has 2 N–H and O–H groups in total. The Balaban J connectivity index is 1.73. The Morgan fingerprint density at radius 3 is 2.60 bits per heavy atom. The fourth-order valence-electron chi connectivity index (χ4n) is 4.06. The monoisotopic (exact) mass is 456 g/mol. The highest BCUT2D eigenvalue weighted by Crippen LogP contribution is 2.48. The van der Waals surface area contributed by atoms with Gasteiger partial charge >= 0.3 is 12.1 Å². The number of thiophene rings is 1. The molecule has 0 fully saturated rings. The molecule has 0 aromatic carbocycles. The summed E-state index contributed by atoms with van der Waals surface area (Å²) in [4.78, 5) is 29.3. The van der Waals surface area contributed by atoms with Crippen molar-refractivity contribution in [3.63, 3.8) is 0 Å². The van der Waals surface area contributed by atoms with Crippen LogP contribution >= 0.6 is 22.7 Å². The quantitative estimate of drug-likeness (QED) is 0.650. The normalized spacial score (nSPS) is 19.1. The van der Waals surface area contributed by atoms with Gasteiger partial charge in [0.1, 0.15) is 10.0 Å². The molecule has 0 radical (unpaired) electrons. The van der Waals surface area contributed by atoms with E-state index in [4.69, 9.17) is 0 Å². The van der Waals surface area contributed by atoms with Crippen molar-refractivity contribution in [2.24, 2.45) is 5.92 Å². The van der Waals surface area contributed by atoms with Crippen LogP contribution in [0.5, 0.6) is 0 Å². The number of aliphatic carboxylic acids is 1. The second kappa shape index (κ2) is 7.81. The van der Waals surface area contributed by atoms with Crippen LogP contribution in [0.15, 0.2) is 16.5 Å². The SMILES string of the molecule is Cc1csc(-c2c(NC(=O)C3=C(C(=O)O)CCC3)sc3c2CC[C@@H](C(F)(F)F)C3)n1. The van der Waals surface area contributed by atoms with Crippen LogP contribution in [0, 0.1) is 12.8 Å². The van der Waals surface area contributed by atoms with Crippen molar-refractivity contribution in [3.8, 4) is 10.6 Å². The van der Waals surface area contributed by atoms with Crippen molar-refractivity contribution >= 4 is 39.6 Å². The highest BCUT2D eigenvalue weighted by atomic mass is 32.1. The molecule has 0 bridgehead atoms. The second-order valence-corrected chi connectivity index (χ2v) is 9.52. The van der Waals surface area contributed by atoms with Gasteiger partial charge in [-0.1, -0.05) is 0 Å². The minimum atomic E-state index is -4.26. The molecule has 0 spiro atoms. The van der Waals surface area contributed by atoms with Crippen LogP contribution in [-0.4, -0.2) is 28.1 Å². The van der Waals surface area contributed by atoms with Crippen molar-refractivity contribution in [1.82, 2.24) is 4.98 Å². The zero-order valence-corrected chi connectivity index (χ0v) is 17.7. The lowest BCUT2D eigenvalue weighted by Crippen LogP contribution is -2.28. The number of hydrogen-bond donors (Lipinski definition) is 2. The highest BCUT2D eigenvalue weighted by Gasteiger charge is 2.43. The summed E-state index contributed by atoms with van der Waals surface area (Å²) in [5, 5.41) is 15.1. The van der Waals surface area contributed by atoms with E-state index in [-0.39, 0.29) is 30.4 Å². The number of fused-ring (bicyclic) bond motifs is 1. The number of carboxylic acid groups (broad SMARTS) is 1. The number of nitrogens with one attached hydrogen (secondary N) is 1. The molecule has 2 aliphatic carbocycles. The maximum atomic E-state index is 13.3. The lowest BCUT2D eigenvalue weighted by atomic mass is 9.87. The van der Waals surface area contributed by atoms with Gasteiger partial charge in [0.15, 0.2) is 0 Å². The van der Waals surface area contributed by atoms with Crippen LogP contribution in [0.25, 0.3) is 10.6 Å². The van der Waals surface area contributed by atoms with Crippen molar-refractivity contribution in [2.45, 2.75) is 51.6 Å². The summed E-state index contributed by atoms with van der Waals surface area (Å²) in [5.74, 6) is -2.99. The first-order chi connectivity index (χ1) is 14.1. The Labute approximate surface area is 178 Å². The summed E-state index contributed by atoms with van der Waals surface area (Å²) in [5.41, 5.74) is 2.63. The van der Waals surface area contributed by atoms with E-state index >= 15 is 0 Å². The highest BCUT2D eigenvalue weighted by molar-refractivity contribution is 7.18. The molecule has 2 aromatic heterocycles. The number of carboxylic acids is 1. The van der Waals surface area contributed by atoms with Crippen LogP contribution in [0.1, 0.15) is 41.8 Å². The van der Waals surface area contributed by atoms with E-state index in [0.717, 1.165) is 22.6 Å². The summed E-state index contributed by atoms with van der Waals surface area (Å²) >= 11 is 2.53. The fraction of sp³-hybridized carbons (Fsp3) is 0.450. The zero-order valence-electron chi connectivity index (χ0n) is 16.1. The van der Waals surface area contributed by atoms with Gasteiger partial charge in [-0.3, -0.25) is 4.79 Å². The molecule has 160 valence electrons. The van der Waals surface area contributed by atoms with Crippen LogP contribution in [0.2, 0.25) is 0 Å². The minimum absolute atomic E-state index is 0.00624. The van der Waals surface area contributed by atoms with Gasteiger partial charge < -0.3 is 10.4 Å². The van der Waals surface area contributed by atoms with Crippen molar-refractivity contribution in [2.75, 3.05) is 5.32 Å². The van der Waals surface area contributed by atoms with Crippen LogP contribution in [0.4, 0.5) is 18.2 Å². The minimum Gasteiger partial charge on any atom is -0.478 e. The molecule has 0 unspecified atom stereocenters. The number of carbonyl (C=O) groups excluding carboxylic acids is 1. The number of alkyl halides is 3. The van der Waals surface area contributed by atoms with E-state index in [0.29, 0.717) is 39.7 Å².